The van der Waals surface area contributed by atoms with E-state index in [-0.39, 0.29) is 5.91 Å². The molecule has 2 heterocycles. The summed E-state index contributed by atoms with van der Waals surface area (Å²) >= 11 is 6.09. The van der Waals surface area contributed by atoms with E-state index in [1.807, 2.05) is 43.0 Å². The molecule has 2 aliphatic rings. The lowest BCUT2D eigenvalue weighted by Gasteiger charge is -2.41. The predicted octanol–water partition coefficient (Wildman–Crippen LogP) is 3.22. The Bertz CT molecular complexity index is 554. The lowest BCUT2D eigenvalue weighted by Crippen LogP contribution is -2.49. The van der Waals surface area contributed by atoms with Crippen LogP contribution in [0.1, 0.15) is 38.7 Å². The number of nitrogens with zero attached hydrogens (tertiary/aromatic N) is 1. The van der Waals surface area contributed by atoms with Crippen LogP contribution >= 0.6 is 11.6 Å². The summed E-state index contributed by atoms with van der Waals surface area (Å²) in [6.07, 6.45) is 3.50. The van der Waals surface area contributed by atoms with E-state index in [1.54, 1.807) is 0 Å². The molecule has 22 heavy (non-hydrogen) atoms. The molecule has 3 nitrogen and oxygen atoms in total. The standard InChI is InChI=1S/C18H25ClN2O/c1-17(2,14-4-3-5-15(19)12-14)16(22)21-10-7-18(8-11-21)6-9-20-13-18/h3-5,12,20H,6-11,13H2,1-2H3. The lowest BCUT2D eigenvalue weighted by molar-refractivity contribution is -0.138. The van der Waals surface area contributed by atoms with Crippen LogP contribution in [-0.2, 0) is 10.2 Å². The van der Waals surface area contributed by atoms with Crippen molar-refractivity contribution in [2.45, 2.75) is 38.5 Å². The number of carbonyl (C=O) groups excluding carboxylic acids is 1. The third-order valence-corrected chi connectivity index (χ3v) is 5.76. The molecule has 0 saturated carbocycles. The first-order valence-electron chi connectivity index (χ1n) is 8.19. The van der Waals surface area contributed by atoms with E-state index >= 15 is 0 Å². The molecule has 0 aromatic heterocycles. The number of piperidine rings is 1. The van der Waals surface area contributed by atoms with Crippen LogP contribution in [-0.4, -0.2) is 37.0 Å². The normalized spacial score (nSPS) is 21.3. The summed E-state index contributed by atoms with van der Waals surface area (Å²) in [5.41, 5.74) is 0.910. The summed E-state index contributed by atoms with van der Waals surface area (Å²) in [6.45, 7) is 8.01. The van der Waals surface area contributed by atoms with Crippen LogP contribution in [0.2, 0.25) is 5.02 Å². The fourth-order valence-electron chi connectivity index (χ4n) is 3.80. The smallest absolute Gasteiger partial charge is 0.232 e. The molecule has 0 atom stereocenters. The molecule has 4 heteroatoms. The molecule has 120 valence electrons. The van der Waals surface area contributed by atoms with Gasteiger partial charge < -0.3 is 10.2 Å². The second kappa shape index (κ2) is 5.86. The minimum absolute atomic E-state index is 0.218. The zero-order valence-corrected chi connectivity index (χ0v) is 14.2. The largest absolute Gasteiger partial charge is 0.342 e. The highest BCUT2D eigenvalue weighted by Crippen LogP contribution is 2.38. The number of carbonyl (C=O) groups is 1. The number of amides is 1. The van der Waals surface area contributed by atoms with Gasteiger partial charge in [-0.25, -0.2) is 0 Å². The first-order chi connectivity index (χ1) is 10.4. The number of rotatable bonds is 2. The summed E-state index contributed by atoms with van der Waals surface area (Å²) in [4.78, 5) is 15.0. The third-order valence-electron chi connectivity index (χ3n) is 5.52. The maximum atomic E-state index is 13.0. The van der Waals surface area contributed by atoms with Crippen molar-refractivity contribution in [1.82, 2.24) is 10.2 Å². The predicted molar refractivity (Wildman–Crippen MR) is 90.2 cm³/mol. The number of benzene rings is 1. The molecule has 1 spiro atoms. The van der Waals surface area contributed by atoms with E-state index in [2.05, 4.69) is 5.32 Å². The highest BCUT2D eigenvalue weighted by atomic mass is 35.5. The second-order valence-electron chi connectivity index (χ2n) is 7.35. The number of likely N-dealkylation sites (tertiary alicyclic amines) is 1. The number of hydrogen-bond donors (Lipinski definition) is 1. The van der Waals surface area contributed by atoms with Crippen molar-refractivity contribution in [3.63, 3.8) is 0 Å². The van der Waals surface area contributed by atoms with Crippen LogP contribution < -0.4 is 5.32 Å². The Morgan fingerprint density at radius 1 is 1.27 bits per heavy atom. The van der Waals surface area contributed by atoms with Gasteiger partial charge >= 0.3 is 0 Å². The molecular weight excluding hydrogens is 296 g/mol. The zero-order valence-electron chi connectivity index (χ0n) is 13.5. The fourth-order valence-corrected chi connectivity index (χ4v) is 3.99. The summed E-state index contributed by atoms with van der Waals surface area (Å²) < 4.78 is 0. The summed E-state index contributed by atoms with van der Waals surface area (Å²) in [5, 5.41) is 4.16. The third kappa shape index (κ3) is 2.89. The van der Waals surface area contributed by atoms with Gasteiger partial charge in [0.2, 0.25) is 5.91 Å². The molecule has 0 bridgehead atoms. The fraction of sp³-hybridized carbons (Fsp3) is 0.611. The average molecular weight is 321 g/mol. The molecule has 2 saturated heterocycles. The molecule has 1 amide bonds. The highest BCUT2D eigenvalue weighted by Gasteiger charge is 2.41. The topological polar surface area (TPSA) is 32.3 Å². The van der Waals surface area contributed by atoms with Crippen molar-refractivity contribution < 1.29 is 4.79 Å². The summed E-state index contributed by atoms with van der Waals surface area (Å²) in [7, 11) is 0. The van der Waals surface area contributed by atoms with E-state index in [9.17, 15) is 4.79 Å². The first-order valence-corrected chi connectivity index (χ1v) is 8.57. The van der Waals surface area contributed by atoms with Gasteiger partial charge in [0.1, 0.15) is 0 Å². The van der Waals surface area contributed by atoms with Gasteiger partial charge in [-0.1, -0.05) is 23.7 Å². The molecule has 1 N–H and O–H groups in total. The minimum atomic E-state index is -0.524. The van der Waals surface area contributed by atoms with Gasteiger partial charge in [0, 0.05) is 24.7 Å². The van der Waals surface area contributed by atoms with Crippen molar-refractivity contribution in [3.05, 3.63) is 34.9 Å². The van der Waals surface area contributed by atoms with Gasteiger partial charge in [0.25, 0.3) is 0 Å². The quantitative estimate of drug-likeness (QED) is 0.907. The molecule has 2 aliphatic heterocycles. The van der Waals surface area contributed by atoms with Crippen molar-refractivity contribution >= 4 is 17.5 Å². The van der Waals surface area contributed by atoms with E-state index in [0.717, 1.165) is 44.6 Å². The Morgan fingerprint density at radius 3 is 2.59 bits per heavy atom. The monoisotopic (exact) mass is 320 g/mol. The Hall–Kier alpha value is -1.06. The molecular formula is C18H25ClN2O. The van der Waals surface area contributed by atoms with Crippen LogP contribution in [0.4, 0.5) is 0 Å². The Morgan fingerprint density at radius 2 is 2.00 bits per heavy atom. The Balaban J connectivity index is 1.71. The van der Waals surface area contributed by atoms with Crippen molar-refractivity contribution in [1.29, 1.82) is 0 Å². The maximum absolute atomic E-state index is 13.0. The van der Waals surface area contributed by atoms with Gasteiger partial charge in [-0.15, -0.1) is 0 Å². The molecule has 3 rings (SSSR count). The van der Waals surface area contributed by atoms with Gasteiger partial charge in [-0.3, -0.25) is 4.79 Å². The van der Waals surface area contributed by atoms with E-state index in [0.29, 0.717) is 10.4 Å². The van der Waals surface area contributed by atoms with Crippen LogP contribution in [0.3, 0.4) is 0 Å². The molecule has 0 unspecified atom stereocenters. The van der Waals surface area contributed by atoms with Crippen LogP contribution in [0.15, 0.2) is 24.3 Å². The number of hydrogen-bond acceptors (Lipinski definition) is 2. The maximum Gasteiger partial charge on any atom is 0.232 e. The van der Waals surface area contributed by atoms with Crippen molar-refractivity contribution in [2.75, 3.05) is 26.2 Å². The number of nitrogens with one attached hydrogen (secondary N) is 1. The first kappa shape index (κ1) is 15.8. The SMILES string of the molecule is CC(C)(C(=O)N1CCC2(CCNC2)CC1)c1cccc(Cl)c1. The van der Waals surface area contributed by atoms with E-state index in [4.69, 9.17) is 11.6 Å². The van der Waals surface area contributed by atoms with Crippen LogP contribution in [0.5, 0.6) is 0 Å². The second-order valence-corrected chi connectivity index (χ2v) is 7.79. The van der Waals surface area contributed by atoms with Gasteiger partial charge in [-0.2, -0.15) is 0 Å². The molecule has 0 aliphatic carbocycles. The van der Waals surface area contributed by atoms with E-state index in [1.165, 1.54) is 6.42 Å². The van der Waals surface area contributed by atoms with Crippen molar-refractivity contribution in [2.24, 2.45) is 5.41 Å². The minimum Gasteiger partial charge on any atom is -0.342 e. The lowest BCUT2D eigenvalue weighted by atomic mass is 9.76. The molecule has 0 radical (unpaired) electrons. The van der Waals surface area contributed by atoms with Gasteiger partial charge in [0.15, 0.2) is 0 Å². The molecule has 2 fully saturated rings. The van der Waals surface area contributed by atoms with Gasteiger partial charge in [0.05, 0.1) is 5.41 Å². The Labute approximate surface area is 138 Å². The van der Waals surface area contributed by atoms with Crippen molar-refractivity contribution in [3.8, 4) is 0 Å². The van der Waals surface area contributed by atoms with Crippen LogP contribution in [0, 0.1) is 5.41 Å². The van der Waals surface area contributed by atoms with Crippen LogP contribution in [0.25, 0.3) is 0 Å². The molecule has 1 aromatic rings. The Kier molecular flexibility index (Phi) is 4.21. The van der Waals surface area contributed by atoms with E-state index < -0.39 is 5.41 Å². The number of halogens is 1. The average Bonchev–Trinajstić information content (AvgIpc) is 2.95. The highest BCUT2D eigenvalue weighted by molar-refractivity contribution is 6.30. The zero-order chi connectivity index (χ0) is 15.8. The summed E-state index contributed by atoms with van der Waals surface area (Å²) in [5.74, 6) is 0.218. The van der Waals surface area contributed by atoms with Gasteiger partial charge in [-0.05, 0) is 62.8 Å². The molecule has 1 aromatic carbocycles. The summed E-state index contributed by atoms with van der Waals surface area (Å²) in [6, 6.07) is 7.67.